The molecule has 0 fully saturated rings. The number of aromatic hydroxyl groups is 1. The van der Waals surface area contributed by atoms with Crippen LogP contribution in [0.4, 0.5) is 22.7 Å². The molecule has 17 heteroatoms. The van der Waals surface area contributed by atoms with Gasteiger partial charge in [-0.1, -0.05) is 0 Å². The summed E-state index contributed by atoms with van der Waals surface area (Å²) in [4.78, 5) is 24.5. The number of azo groups is 1. The van der Waals surface area contributed by atoms with E-state index in [9.17, 15) is 36.1 Å². The second-order valence-corrected chi connectivity index (χ2v) is 12.1. The molecule has 0 aromatic heterocycles. The van der Waals surface area contributed by atoms with Crippen molar-refractivity contribution in [3.8, 4) is 5.75 Å². The molecular formula is C28H20N6O9S2. The summed E-state index contributed by atoms with van der Waals surface area (Å²) >= 11 is 0. The van der Waals surface area contributed by atoms with E-state index < -0.39 is 41.3 Å². The number of phenolic OH excluding ortho intramolecular Hbond substituents is 1. The molecule has 0 amide bonds. The molecule has 0 aliphatic heterocycles. The molecule has 0 aliphatic carbocycles. The molecule has 0 aliphatic rings. The highest BCUT2D eigenvalue weighted by Gasteiger charge is 2.14. The van der Waals surface area contributed by atoms with E-state index in [1.807, 2.05) is 0 Å². The van der Waals surface area contributed by atoms with Crippen molar-refractivity contribution in [2.45, 2.75) is 9.79 Å². The Bertz CT molecular complexity index is 2420. The molecule has 5 aromatic rings. The lowest BCUT2D eigenvalue weighted by Crippen LogP contribution is -2.47. The zero-order chi connectivity index (χ0) is 32.4. The van der Waals surface area contributed by atoms with E-state index in [-0.39, 0.29) is 32.5 Å². The molecule has 0 saturated carbocycles. The number of nitrogens with one attached hydrogen (secondary N) is 2. The summed E-state index contributed by atoms with van der Waals surface area (Å²) in [5, 5.41) is 26.1. The first-order chi connectivity index (χ1) is 21.3. The summed E-state index contributed by atoms with van der Waals surface area (Å²) in [7, 11) is -8.89. The van der Waals surface area contributed by atoms with Crippen LogP contribution in [0.2, 0.25) is 0 Å². The van der Waals surface area contributed by atoms with Crippen molar-refractivity contribution in [2.75, 3.05) is 10.9 Å². The molecule has 0 unspecified atom stereocenters. The molecule has 45 heavy (non-hydrogen) atoms. The number of benzene rings is 5. The summed E-state index contributed by atoms with van der Waals surface area (Å²) in [5.41, 5.74) is 5.33. The molecular weight excluding hydrogens is 628 g/mol. The first-order valence-corrected chi connectivity index (χ1v) is 15.4. The fourth-order valence-corrected chi connectivity index (χ4v) is 4.94. The SMILES string of the molecule is O=c1ccc(=NNc2ccc(N=Nc3ccc(S(=O)(=O)O)cc3)cc2)c(=O)c1=NNc1ccc2c(O)cc(S(=O)(=O)O)cc2c1. The lowest BCUT2D eigenvalue weighted by atomic mass is 10.1. The van der Waals surface area contributed by atoms with E-state index in [0.717, 1.165) is 18.2 Å². The Morgan fingerprint density at radius 1 is 0.600 bits per heavy atom. The van der Waals surface area contributed by atoms with Gasteiger partial charge in [0.2, 0.25) is 10.9 Å². The van der Waals surface area contributed by atoms with Crippen molar-refractivity contribution in [3.63, 3.8) is 0 Å². The Morgan fingerprint density at radius 2 is 1.18 bits per heavy atom. The lowest BCUT2D eigenvalue weighted by Gasteiger charge is -2.06. The van der Waals surface area contributed by atoms with Crippen LogP contribution in [-0.2, 0) is 20.2 Å². The Labute approximate surface area is 253 Å². The Kier molecular flexibility index (Phi) is 8.34. The Hall–Kier alpha value is -5.62. The monoisotopic (exact) mass is 648 g/mol. The predicted octanol–water partition coefficient (Wildman–Crippen LogP) is 2.91. The number of phenols is 1. The van der Waals surface area contributed by atoms with E-state index in [0.29, 0.717) is 17.1 Å². The zero-order valence-corrected chi connectivity index (χ0v) is 24.2. The minimum atomic E-state index is -4.58. The van der Waals surface area contributed by atoms with Gasteiger partial charge in [-0.3, -0.25) is 29.5 Å². The van der Waals surface area contributed by atoms with Gasteiger partial charge in [-0.25, -0.2) is 0 Å². The highest BCUT2D eigenvalue weighted by Crippen LogP contribution is 2.30. The van der Waals surface area contributed by atoms with E-state index >= 15 is 0 Å². The second-order valence-electron chi connectivity index (χ2n) is 9.28. The van der Waals surface area contributed by atoms with Gasteiger partial charge in [0, 0.05) is 11.5 Å². The van der Waals surface area contributed by atoms with Gasteiger partial charge >= 0.3 is 0 Å². The first kappa shape index (κ1) is 30.8. The third-order valence-electron chi connectivity index (χ3n) is 6.16. The highest BCUT2D eigenvalue weighted by atomic mass is 32.2. The van der Waals surface area contributed by atoms with Crippen LogP contribution in [-0.4, -0.2) is 31.0 Å². The smallest absolute Gasteiger partial charge is 0.294 e. The Morgan fingerprint density at radius 3 is 1.80 bits per heavy atom. The minimum absolute atomic E-state index is 0.117. The highest BCUT2D eigenvalue weighted by molar-refractivity contribution is 7.86. The lowest BCUT2D eigenvalue weighted by molar-refractivity contribution is 0.471. The van der Waals surface area contributed by atoms with Crippen molar-refractivity contribution in [1.82, 2.24) is 0 Å². The topological polar surface area (TPSA) is 237 Å². The van der Waals surface area contributed by atoms with Gasteiger partial charge in [0.25, 0.3) is 20.2 Å². The van der Waals surface area contributed by atoms with Crippen LogP contribution in [0.15, 0.2) is 131 Å². The van der Waals surface area contributed by atoms with Gasteiger partial charge < -0.3 is 5.11 Å². The molecule has 5 rings (SSSR count). The maximum Gasteiger partial charge on any atom is 0.294 e. The average Bonchev–Trinajstić information content (AvgIpc) is 2.99. The van der Waals surface area contributed by atoms with Crippen LogP contribution in [0.3, 0.4) is 0 Å². The normalized spacial score (nSPS) is 13.0. The zero-order valence-electron chi connectivity index (χ0n) is 22.6. The van der Waals surface area contributed by atoms with Crippen molar-refractivity contribution >= 4 is 53.8 Å². The van der Waals surface area contributed by atoms with E-state index in [2.05, 4.69) is 31.3 Å². The molecule has 228 valence electrons. The summed E-state index contributed by atoms with van der Waals surface area (Å²) in [6, 6.07) is 20.3. The van der Waals surface area contributed by atoms with Gasteiger partial charge in [0.15, 0.2) is 5.36 Å². The van der Waals surface area contributed by atoms with Crippen molar-refractivity contribution in [3.05, 3.63) is 122 Å². The fraction of sp³-hybridized carbons (Fsp3) is 0. The van der Waals surface area contributed by atoms with Crippen LogP contribution in [0, 0.1) is 0 Å². The summed E-state index contributed by atoms with van der Waals surface area (Å²) in [6.07, 6.45) is 0. The number of fused-ring (bicyclic) bond motifs is 1. The molecule has 0 heterocycles. The van der Waals surface area contributed by atoms with E-state index in [1.165, 1.54) is 48.5 Å². The van der Waals surface area contributed by atoms with Crippen LogP contribution >= 0.6 is 0 Å². The second kappa shape index (κ2) is 12.2. The number of hydrogen-bond donors (Lipinski definition) is 5. The standard InChI is InChI=1S/C28H20N6O9S2/c35-25-12-11-24(33-31-18-3-1-17(2-4-18)29-30-19-5-8-21(9-6-19)44(38,39)40)28(37)27(25)34-32-20-7-10-23-16(13-20)14-22(15-26(23)36)45(41,42)43/h1-15,31-32,36H,(H,38,39,40)(H,41,42,43). The summed E-state index contributed by atoms with van der Waals surface area (Å²) < 4.78 is 63.6. The molecule has 0 bridgehead atoms. The average molecular weight is 649 g/mol. The van der Waals surface area contributed by atoms with Crippen LogP contribution in [0.1, 0.15) is 0 Å². The molecule has 15 nitrogen and oxygen atoms in total. The molecule has 5 aromatic carbocycles. The van der Waals surface area contributed by atoms with Gasteiger partial charge in [-0.15, -0.1) is 0 Å². The van der Waals surface area contributed by atoms with Crippen molar-refractivity contribution < 1.29 is 31.0 Å². The summed E-state index contributed by atoms with van der Waals surface area (Å²) in [6.45, 7) is 0. The third kappa shape index (κ3) is 7.31. The third-order valence-corrected chi connectivity index (χ3v) is 7.86. The van der Waals surface area contributed by atoms with Gasteiger partial charge in [0.05, 0.1) is 32.5 Å². The van der Waals surface area contributed by atoms with Crippen LogP contribution < -0.4 is 32.4 Å². The number of rotatable bonds is 8. The van der Waals surface area contributed by atoms with Gasteiger partial charge in [-0.2, -0.15) is 37.3 Å². The van der Waals surface area contributed by atoms with Crippen LogP contribution in [0.5, 0.6) is 5.75 Å². The van der Waals surface area contributed by atoms with Gasteiger partial charge in [-0.05, 0) is 90.3 Å². The maximum absolute atomic E-state index is 12.9. The molecule has 0 radical (unpaired) electrons. The molecule has 0 saturated heterocycles. The minimum Gasteiger partial charge on any atom is -0.507 e. The first-order valence-electron chi connectivity index (χ1n) is 12.6. The van der Waals surface area contributed by atoms with E-state index in [1.54, 1.807) is 24.3 Å². The fourth-order valence-electron chi connectivity index (χ4n) is 3.93. The number of anilines is 2. The molecule has 5 N–H and O–H groups in total. The number of nitrogens with zero attached hydrogens (tertiary/aromatic N) is 4. The quantitative estimate of drug-likeness (QED) is 0.0931. The number of hydrogen-bond acceptors (Lipinski definition) is 13. The predicted molar refractivity (Wildman–Crippen MR) is 162 cm³/mol. The summed E-state index contributed by atoms with van der Waals surface area (Å²) in [5.74, 6) is -0.375. The van der Waals surface area contributed by atoms with Crippen molar-refractivity contribution in [1.29, 1.82) is 0 Å². The van der Waals surface area contributed by atoms with E-state index in [4.69, 9.17) is 4.55 Å². The van der Waals surface area contributed by atoms with Crippen LogP contribution in [0.25, 0.3) is 10.8 Å². The Balaban J connectivity index is 1.33. The molecule has 0 atom stereocenters. The van der Waals surface area contributed by atoms with Crippen molar-refractivity contribution in [2.24, 2.45) is 20.4 Å². The van der Waals surface area contributed by atoms with Gasteiger partial charge in [0.1, 0.15) is 11.1 Å². The maximum atomic E-state index is 12.9. The molecule has 0 spiro atoms. The largest absolute Gasteiger partial charge is 0.507 e.